The molecule has 0 saturated carbocycles. The summed E-state index contributed by atoms with van der Waals surface area (Å²) in [5.74, 6) is 0. The van der Waals surface area contributed by atoms with E-state index in [9.17, 15) is 3.89 Å². The zero-order valence-corrected chi connectivity index (χ0v) is 7.81. The molecule has 0 aliphatic rings. The Balaban J connectivity index is 3.18. The Hall–Kier alpha value is -1.52. The molecule has 4 heteroatoms. The first-order chi connectivity index (χ1) is 6.12. The lowest BCUT2D eigenvalue weighted by molar-refractivity contribution is 0.909. The average Bonchev–Trinajstić information content (AvgIpc) is 2.18. The molecule has 66 valence electrons. The summed E-state index contributed by atoms with van der Waals surface area (Å²) in [7, 11) is -3.40. The molecule has 0 aliphatic heterocycles. The standard InChI is InChI=1S/C9H7FN2S/c1-8-2-4-9(5-3-8)13(10,6-11)7-12/h2-5H,1H3. The highest BCUT2D eigenvalue weighted by atomic mass is 32.3. The Kier molecular flexibility index (Phi) is 2.55. The summed E-state index contributed by atoms with van der Waals surface area (Å²) in [6.07, 6.45) is 0. The summed E-state index contributed by atoms with van der Waals surface area (Å²) in [6, 6.07) is 6.34. The van der Waals surface area contributed by atoms with Crippen LogP contribution in [0.15, 0.2) is 29.2 Å². The number of nitriles is 2. The van der Waals surface area contributed by atoms with Crippen LogP contribution in [0.2, 0.25) is 0 Å². The van der Waals surface area contributed by atoms with Gasteiger partial charge in [0.05, 0.1) is 0 Å². The largest absolute Gasteiger partial charge is 0.183 e. The highest BCUT2D eigenvalue weighted by Gasteiger charge is 2.24. The first-order valence-corrected chi connectivity index (χ1v) is 5.07. The first kappa shape index (κ1) is 9.57. The molecule has 0 saturated heterocycles. The van der Waals surface area contributed by atoms with Gasteiger partial charge in [0.2, 0.25) is 0 Å². The fourth-order valence-electron chi connectivity index (χ4n) is 0.852. The molecule has 0 heterocycles. The highest BCUT2D eigenvalue weighted by molar-refractivity contribution is 8.37. The summed E-state index contributed by atoms with van der Waals surface area (Å²) in [5, 5.41) is 19.8. The quantitative estimate of drug-likeness (QED) is 0.645. The van der Waals surface area contributed by atoms with Gasteiger partial charge in [0.25, 0.3) is 0 Å². The van der Waals surface area contributed by atoms with Crippen molar-refractivity contribution in [3.63, 3.8) is 0 Å². The molecule has 0 radical (unpaired) electrons. The maximum atomic E-state index is 13.5. The van der Waals surface area contributed by atoms with E-state index in [2.05, 4.69) is 0 Å². The third kappa shape index (κ3) is 1.80. The normalized spacial score (nSPS) is 11.4. The van der Waals surface area contributed by atoms with E-state index < -0.39 is 10.4 Å². The predicted octanol–water partition coefficient (Wildman–Crippen LogP) is 3.01. The third-order valence-corrected chi connectivity index (χ3v) is 3.02. The van der Waals surface area contributed by atoms with Gasteiger partial charge in [-0.3, -0.25) is 0 Å². The summed E-state index contributed by atoms with van der Waals surface area (Å²) < 4.78 is 13.5. The third-order valence-electron chi connectivity index (χ3n) is 1.60. The van der Waals surface area contributed by atoms with Crippen molar-refractivity contribution in [2.45, 2.75) is 11.8 Å². The van der Waals surface area contributed by atoms with E-state index >= 15 is 0 Å². The first-order valence-electron chi connectivity index (χ1n) is 3.54. The monoisotopic (exact) mass is 194 g/mol. The second kappa shape index (κ2) is 3.47. The van der Waals surface area contributed by atoms with Crippen molar-refractivity contribution in [1.29, 1.82) is 10.5 Å². The van der Waals surface area contributed by atoms with Crippen molar-refractivity contribution in [3.05, 3.63) is 29.8 Å². The molecule has 0 N–H and O–H groups in total. The van der Waals surface area contributed by atoms with E-state index in [0.717, 1.165) is 5.56 Å². The number of nitrogens with zero attached hydrogens (tertiary/aromatic N) is 2. The van der Waals surface area contributed by atoms with Crippen molar-refractivity contribution in [2.24, 2.45) is 0 Å². The number of hydrogen-bond acceptors (Lipinski definition) is 2. The van der Waals surface area contributed by atoms with E-state index in [1.54, 1.807) is 12.1 Å². The molecule has 0 bridgehead atoms. The van der Waals surface area contributed by atoms with Crippen LogP contribution in [0.3, 0.4) is 0 Å². The summed E-state index contributed by atoms with van der Waals surface area (Å²) in [5.41, 5.74) is 0.973. The Morgan fingerprint density at radius 3 is 2.00 bits per heavy atom. The molecule has 0 amide bonds. The Morgan fingerprint density at radius 2 is 1.62 bits per heavy atom. The lowest BCUT2D eigenvalue weighted by Gasteiger charge is -2.12. The number of rotatable bonds is 1. The topological polar surface area (TPSA) is 47.6 Å². The molecule has 0 aromatic heterocycles. The molecule has 13 heavy (non-hydrogen) atoms. The fourth-order valence-corrected chi connectivity index (χ4v) is 1.61. The van der Waals surface area contributed by atoms with Crippen molar-refractivity contribution in [3.8, 4) is 10.8 Å². The summed E-state index contributed by atoms with van der Waals surface area (Å²) in [6.45, 7) is 1.86. The van der Waals surface area contributed by atoms with Crippen molar-refractivity contribution >= 4 is 10.4 Å². The van der Waals surface area contributed by atoms with E-state index in [4.69, 9.17) is 10.5 Å². The molecule has 2 nitrogen and oxygen atoms in total. The van der Waals surface area contributed by atoms with Crippen molar-refractivity contribution < 1.29 is 3.89 Å². The highest BCUT2D eigenvalue weighted by Crippen LogP contribution is 2.55. The summed E-state index contributed by atoms with van der Waals surface area (Å²) in [4.78, 5) is 0.170. The van der Waals surface area contributed by atoms with Crippen LogP contribution >= 0.6 is 10.4 Å². The van der Waals surface area contributed by atoms with Crippen LogP contribution in [0.4, 0.5) is 3.89 Å². The predicted molar refractivity (Wildman–Crippen MR) is 49.4 cm³/mol. The number of halogens is 1. The minimum absolute atomic E-state index is 0.170. The minimum Gasteiger partial charge on any atom is -0.183 e. The Labute approximate surface area is 77.8 Å². The van der Waals surface area contributed by atoms with Gasteiger partial charge in [-0.25, -0.2) is 0 Å². The van der Waals surface area contributed by atoms with Crippen LogP contribution in [0.1, 0.15) is 5.56 Å². The van der Waals surface area contributed by atoms with Gasteiger partial charge in [-0.15, -0.1) is 0 Å². The molecule has 0 fully saturated rings. The van der Waals surface area contributed by atoms with Crippen LogP contribution in [0.5, 0.6) is 0 Å². The van der Waals surface area contributed by atoms with Crippen molar-refractivity contribution in [2.75, 3.05) is 0 Å². The minimum atomic E-state index is -3.40. The van der Waals surface area contributed by atoms with Crippen molar-refractivity contribution in [1.82, 2.24) is 0 Å². The maximum absolute atomic E-state index is 13.5. The number of aryl methyl sites for hydroxylation is 1. The smallest absolute Gasteiger partial charge is 0.161 e. The molecular formula is C9H7FN2S. The molecule has 0 atom stereocenters. The van der Waals surface area contributed by atoms with Gasteiger partial charge >= 0.3 is 0 Å². The van der Waals surface area contributed by atoms with Gasteiger partial charge in [0, 0.05) is 4.90 Å². The zero-order valence-electron chi connectivity index (χ0n) is 6.99. The number of benzene rings is 1. The lowest BCUT2D eigenvalue weighted by atomic mass is 10.2. The van der Waals surface area contributed by atoms with Crippen LogP contribution in [0, 0.1) is 28.3 Å². The van der Waals surface area contributed by atoms with E-state index in [1.807, 2.05) is 6.92 Å². The molecule has 1 aromatic rings. The van der Waals surface area contributed by atoms with E-state index in [0.29, 0.717) is 0 Å². The van der Waals surface area contributed by atoms with Gasteiger partial charge in [-0.05, 0) is 19.1 Å². The molecule has 1 aromatic carbocycles. The second-order valence-corrected chi connectivity index (χ2v) is 4.45. The van der Waals surface area contributed by atoms with Crippen LogP contribution in [-0.4, -0.2) is 0 Å². The van der Waals surface area contributed by atoms with Gasteiger partial charge in [0.1, 0.15) is 10.4 Å². The van der Waals surface area contributed by atoms with E-state index in [-0.39, 0.29) is 4.90 Å². The van der Waals surface area contributed by atoms with Crippen LogP contribution in [0.25, 0.3) is 0 Å². The molecule has 1 rings (SSSR count). The lowest BCUT2D eigenvalue weighted by Crippen LogP contribution is -1.86. The fraction of sp³-hybridized carbons (Fsp3) is 0.111. The maximum Gasteiger partial charge on any atom is 0.161 e. The van der Waals surface area contributed by atoms with E-state index in [1.165, 1.54) is 22.9 Å². The molecule has 0 spiro atoms. The van der Waals surface area contributed by atoms with Crippen LogP contribution < -0.4 is 0 Å². The van der Waals surface area contributed by atoms with Crippen LogP contribution in [-0.2, 0) is 0 Å². The number of thiocyanates is 2. The molecule has 0 unspecified atom stereocenters. The summed E-state index contributed by atoms with van der Waals surface area (Å²) >= 11 is 0. The Morgan fingerprint density at radius 1 is 1.15 bits per heavy atom. The van der Waals surface area contributed by atoms with Gasteiger partial charge < -0.3 is 0 Å². The van der Waals surface area contributed by atoms with Gasteiger partial charge in [-0.2, -0.15) is 14.4 Å². The number of hydrogen-bond donors (Lipinski definition) is 0. The zero-order chi connectivity index (χ0) is 9.90. The SMILES string of the molecule is Cc1ccc(S(F)(C#N)C#N)cc1. The van der Waals surface area contributed by atoms with Gasteiger partial charge in [0.15, 0.2) is 10.8 Å². The Bertz CT molecular complexity index is 372. The average molecular weight is 194 g/mol. The second-order valence-electron chi connectivity index (χ2n) is 2.53. The molecular weight excluding hydrogens is 187 g/mol. The van der Waals surface area contributed by atoms with Gasteiger partial charge in [-0.1, -0.05) is 17.7 Å². The molecule has 0 aliphatic carbocycles.